The fourth-order valence-electron chi connectivity index (χ4n) is 2.71. The highest BCUT2D eigenvalue weighted by atomic mass is 79.9. The Morgan fingerprint density at radius 1 is 1.24 bits per heavy atom. The molecule has 5 heteroatoms. The Labute approximate surface area is 157 Å². The number of benzene rings is 2. The summed E-state index contributed by atoms with van der Waals surface area (Å²) in [4.78, 5) is 11.8. The van der Waals surface area contributed by atoms with E-state index in [0.29, 0.717) is 6.54 Å². The molecule has 0 aliphatic heterocycles. The van der Waals surface area contributed by atoms with Crippen LogP contribution in [0.2, 0.25) is 0 Å². The first-order valence-corrected chi connectivity index (χ1v) is 9.32. The van der Waals surface area contributed by atoms with Crippen LogP contribution in [0.5, 0.6) is 5.75 Å². The molecule has 2 aromatic rings. The van der Waals surface area contributed by atoms with Gasteiger partial charge in [-0.3, -0.25) is 4.79 Å². The smallest absolute Gasteiger partial charge is 0.227 e. The van der Waals surface area contributed by atoms with Crippen LogP contribution < -0.4 is 15.4 Å². The number of rotatable bonds is 7. The number of methoxy groups -OCH3 is 1. The molecule has 0 aromatic heterocycles. The first kappa shape index (κ1) is 18.0. The summed E-state index contributed by atoms with van der Waals surface area (Å²) >= 11 is 3.50. The van der Waals surface area contributed by atoms with E-state index >= 15 is 0 Å². The lowest BCUT2D eigenvalue weighted by atomic mass is 10.1. The van der Waals surface area contributed by atoms with E-state index in [9.17, 15) is 4.79 Å². The van der Waals surface area contributed by atoms with Gasteiger partial charge < -0.3 is 15.4 Å². The fourth-order valence-corrected chi connectivity index (χ4v) is 3.12. The van der Waals surface area contributed by atoms with Crippen molar-refractivity contribution in [3.05, 3.63) is 58.1 Å². The van der Waals surface area contributed by atoms with E-state index in [1.165, 1.54) is 5.56 Å². The molecule has 2 N–H and O–H groups in total. The minimum atomic E-state index is 0.140. The lowest BCUT2D eigenvalue weighted by Gasteiger charge is -2.16. The summed E-state index contributed by atoms with van der Waals surface area (Å²) in [6, 6.07) is 14.2. The Kier molecular flexibility index (Phi) is 5.76. The van der Waals surface area contributed by atoms with Gasteiger partial charge in [0.05, 0.1) is 7.11 Å². The first-order chi connectivity index (χ1) is 12.1. The van der Waals surface area contributed by atoms with Crippen molar-refractivity contribution in [2.24, 2.45) is 5.92 Å². The molecule has 0 radical (unpaired) electrons. The molecular formula is C20H23BrN2O2. The van der Waals surface area contributed by atoms with Gasteiger partial charge in [0, 0.05) is 34.2 Å². The van der Waals surface area contributed by atoms with Gasteiger partial charge in [-0.15, -0.1) is 0 Å². The number of amides is 1. The van der Waals surface area contributed by atoms with Crippen molar-refractivity contribution < 1.29 is 9.53 Å². The average molecular weight is 403 g/mol. The number of carbonyl (C=O) groups excluding carboxylic acids is 1. The zero-order valence-electron chi connectivity index (χ0n) is 14.5. The molecule has 25 heavy (non-hydrogen) atoms. The predicted octanol–water partition coefficient (Wildman–Crippen LogP) is 4.66. The summed E-state index contributed by atoms with van der Waals surface area (Å²) < 4.78 is 6.45. The van der Waals surface area contributed by atoms with Gasteiger partial charge in [0.15, 0.2) is 0 Å². The van der Waals surface area contributed by atoms with Gasteiger partial charge in [0.25, 0.3) is 0 Å². The maximum atomic E-state index is 11.8. The quantitative estimate of drug-likeness (QED) is 0.707. The number of hydrogen-bond acceptors (Lipinski definition) is 3. The van der Waals surface area contributed by atoms with Crippen LogP contribution >= 0.6 is 15.9 Å². The van der Waals surface area contributed by atoms with Crippen LogP contribution in [0, 0.1) is 5.92 Å². The molecule has 132 valence electrons. The van der Waals surface area contributed by atoms with Gasteiger partial charge in [0.1, 0.15) is 5.75 Å². The Balaban J connectivity index is 1.58. The Bertz CT molecular complexity index is 742. The third-order valence-corrected chi connectivity index (χ3v) is 4.96. The maximum absolute atomic E-state index is 11.8. The summed E-state index contributed by atoms with van der Waals surface area (Å²) in [6.07, 6.45) is 2.04. The molecule has 1 aliphatic rings. The Morgan fingerprint density at radius 2 is 1.96 bits per heavy atom. The van der Waals surface area contributed by atoms with Crippen LogP contribution in [0.15, 0.2) is 46.9 Å². The van der Waals surface area contributed by atoms with Crippen molar-refractivity contribution in [3.8, 4) is 5.75 Å². The van der Waals surface area contributed by atoms with Crippen molar-refractivity contribution in [2.45, 2.75) is 32.4 Å². The fraction of sp³-hybridized carbons (Fsp3) is 0.350. The number of nitrogens with one attached hydrogen (secondary N) is 2. The molecule has 4 nitrogen and oxygen atoms in total. The second-order valence-corrected chi connectivity index (χ2v) is 7.36. The molecule has 1 aliphatic carbocycles. The highest BCUT2D eigenvalue weighted by Gasteiger charge is 2.29. The van der Waals surface area contributed by atoms with Gasteiger partial charge in [0.2, 0.25) is 5.91 Å². The minimum absolute atomic E-state index is 0.140. The van der Waals surface area contributed by atoms with E-state index in [4.69, 9.17) is 4.74 Å². The van der Waals surface area contributed by atoms with Crippen molar-refractivity contribution in [1.29, 1.82) is 0 Å². The van der Waals surface area contributed by atoms with E-state index in [0.717, 1.165) is 34.3 Å². The Morgan fingerprint density at radius 3 is 2.60 bits per heavy atom. The molecule has 3 rings (SSSR count). The minimum Gasteiger partial charge on any atom is -0.496 e. The molecule has 0 spiro atoms. The standard InChI is InChI=1S/C20H23BrN2O2/c1-13(22-12-16-11-17(21)7-10-19(16)25-2)14-5-8-18(9-6-14)23-20(24)15-3-4-15/h5-11,13,15,22H,3-4,12H2,1-2H3,(H,23,24)/t13-/m1/s1. The summed E-state index contributed by atoms with van der Waals surface area (Å²) in [5.41, 5.74) is 3.15. The van der Waals surface area contributed by atoms with Crippen LogP contribution in [0.25, 0.3) is 0 Å². The van der Waals surface area contributed by atoms with Crippen LogP contribution in [0.1, 0.15) is 36.9 Å². The van der Waals surface area contributed by atoms with Gasteiger partial charge in [-0.2, -0.15) is 0 Å². The molecule has 2 aromatic carbocycles. The lowest BCUT2D eigenvalue weighted by molar-refractivity contribution is -0.117. The highest BCUT2D eigenvalue weighted by Crippen LogP contribution is 2.30. The van der Waals surface area contributed by atoms with Crippen LogP contribution in [-0.4, -0.2) is 13.0 Å². The summed E-state index contributed by atoms with van der Waals surface area (Å²) in [5, 5.41) is 6.49. The molecule has 0 saturated heterocycles. The third kappa shape index (κ3) is 4.83. The van der Waals surface area contributed by atoms with Crippen molar-refractivity contribution in [1.82, 2.24) is 5.32 Å². The molecule has 1 saturated carbocycles. The SMILES string of the molecule is COc1ccc(Br)cc1CN[C@H](C)c1ccc(NC(=O)C2CC2)cc1. The molecular weight excluding hydrogens is 380 g/mol. The molecule has 1 fully saturated rings. The second kappa shape index (κ2) is 8.02. The zero-order valence-corrected chi connectivity index (χ0v) is 16.1. The number of hydrogen-bond donors (Lipinski definition) is 2. The van der Waals surface area contributed by atoms with Crippen molar-refractivity contribution >= 4 is 27.5 Å². The van der Waals surface area contributed by atoms with Gasteiger partial charge in [-0.1, -0.05) is 28.1 Å². The van der Waals surface area contributed by atoms with Crippen molar-refractivity contribution in [2.75, 3.05) is 12.4 Å². The third-order valence-electron chi connectivity index (χ3n) is 4.47. The van der Waals surface area contributed by atoms with Crippen molar-refractivity contribution in [3.63, 3.8) is 0 Å². The van der Waals surface area contributed by atoms with Crippen LogP contribution in [-0.2, 0) is 11.3 Å². The summed E-state index contributed by atoms with van der Waals surface area (Å²) in [6.45, 7) is 2.84. The number of ether oxygens (including phenoxy) is 1. The molecule has 0 heterocycles. The Hall–Kier alpha value is -1.85. The average Bonchev–Trinajstić information content (AvgIpc) is 3.45. The summed E-state index contributed by atoms with van der Waals surface area (Å²) in [5.74, 6) is 1.24. The molecule has 0 bridgehead atoms. The number of anilines is 1. The monoisotopic (exact) mass is 402 g/mol. The largest absolute Gasteiger partial charge is 0.496 e. The highest BCUT2D eigenvalue weighted by molar-refractivity contribution is 9.10. The number of halogens is 1. The maximum Gasteiger partial charge on any atom is 0.227 e. The van der Waals surface area contributed by atoms with Gasteiger partial charge >= 0.3 is 0 Å². The topological polar surface area (TPSA) is 50.4 Å². The van der Waals surface area contributed by atoms with E-state index in [2.05, 4.69) is 51.7 Å². The van der Waals surface area contributed by atoms with Gasteiger partial charge in [-0.25, -0.2) is 0 Å². The van der Waals surface area contributed by atoms with Crippen LogP contribution in [0.3, 0.4) is 0 Å². The first-order valence-electron chi connectivity index (χ1n) is 8.53. The summed E-state index contributed by atoms with van der Waals surface area (Å²) in [7, 11) is 1.69. The molecule has 1 atom stereocenters. The lowest BCUT2D eigenvalue weighted by Crippen LogP contribution is -2.18. The van der Waals surface area contributed by atoms with Gasteiger partial charge in [-0.05, 0) is 55.7 Å². The van der Waals surface area contributed by atoms with E-state index < -0.39 is 0 Å². The normalized spacial score (nSPS) is 14.8. The van der Waals surface area contributed by atoms with E-state index in [1.54, 1.807) is 7.11 Å². The zero-order chi connectivity index (χ0) is 17.8. The van der Waals surface area contributed by atoms with E-state index in [1.807, 2.05) is 24.3 Å². The molecule has 0 unspecified atom stereocenters. The number of carbonyl (C=O) groups is 1. The second-order valence-electron chi connectivity index (χ2n) is 6.44. The molecule has 1 amide bonds. The van der Waals surface area contributed by atoms with Crippen LogP contribution in [0.4, 0.5) is 5.69 Å². The van der Waals surface area contributed by atoms with E-state index in [-0.39, 0.29) is 17.9 Å². The predicted molar refractivity (Wildman–Crippen MR) is 104 cm³/mol.